The largest absolute Gasteiger partial charge is 0.465 e. The van der Waals surface area contributed by atoms with Crippen molar-refractivity contribution in [1.29, 1.82) is 0 Å². The van der Waals surface area contributed by atoms with E-state index in [0.29, 0.717) is 22.1 Å². The Balaban J connectivity index is 2.25. The Kier molecular flexibility index (Phi) is 3.39. The SMILES string of the molecule is COc1onc(C)c1N=Nc1ccc(Cl)cc1. The number of aryl methyl sites for hydroxylation is 1. The van der Waals surface area contributed by atoms with Crippen molar-refractivity contribution in [3.8, 4) is 5.95 Å². The third-order valence-corrected chi connectivity index (χ3v) is 2.33. The smallest absolute Gasteiger partial charge is 0.339 e. The summed E-state index contributed by atoms with van der Waals surface area (Å²) in [7, 11) is 1.49. The van der Waals surface area contributed by atoms with E-state index in [-0.39, 0.29) is 5.95 Å². The van der Waals surface area contributed by atoms with E-state index < -0.39 is 0 Å². The Labute approximate surface area is 103 Å². The van der Waals surface area contributed by atoms with Crippen molar-refractivity contribution >= 4 is 23.0 Å². The molecular formula is C11H10ClN3O2. The Morgan fingerprint density at radius 3 is 2.59 bits per heavy atom. The topological polar surface area (TPSA) is 60.0 Å². The fraction of sp³-hybridized carbons (Fsp3) is 0.182. The van der Waals surface area contributed by atoms with Crippen molar-refractivity contribution in [2.75, 3.05) is 7.11 Å². The van der Waals surface area contributed by atoms with Crippen LogP contribution in [0.2, 0.25) is 5.02 Å². The van der Waals surface area contributed by atoms with E-state index >= 15 is 0 Å². The Hall–Kier alpha value is -1.88. The molecule has 0 atom stereocenters. The molecule has 0 unspecified atom stereocenters. The maximum absolute atomic E-state index is 5.77. The van der Waals surface area contributed by atoms with Gasteiger partial charge in [0, 0.05) is 5.02 Å². The second-order valence-corrected chi connectivity index (χ2v) is 3.72. The average Bonchev–Trinajstić information content (AvgIpc) is 2.69. The molecule has 2 aromatic rings. The summed E-state index contributed by atoms with van der Waals surface area (Å²) in [5.41, 5.74) is 1.80. The van der Waals surface area contributed by atoms with Gasteiger partial charge in [-0.05, 0) is 31.2 Å². The number of aromatic nitrogens is 1. The van der Waals surface area contributed by atoms with Crippen molar-refractivity contribution in [2.24, 2.45) is 10.2 Å². The lowest BCUT2D eigenvalue weighted by Crippen LogP contribution is -1.78. The highest BCUT2D eigenvalue weighted by Crippen LogP contribution is 2.32. The molecule has 0 amide bonds. The first kappa shape index (κ1) is 11.6. The maximum Gasteiger partial charge on any atom is 0.339 e. The third kappa shape index (κ3) is 2.62. The standard InChI is InChI=1S/C11H10ClN3O2/c1-7-10(11(16-2)17-15-7)14-13-9-5-3-8(12)4-6-9/h3-6H,1-2H3. The molecule has 17 heavy (non-hydrogen) atoms. The first-order valence-electron chi connectivity index (χ1n) is 4.88. The van der Waals surface area contributed by atoms with Gasteiger partial charge in [0.2, 0.25) is 0 Å². The van der Waals surface area contributed by atoms with Gasteiger partial charge >= 0.3 is 5.95 Å². The molecule has 0 aliphatic rings. The third-order valence-electron chi connectivity index (χ3n) is 2.08. The van der Waals surface area contributed by atoms with Crippen LogP contribution in [0.25, 0.3) is 0 Å². The quantitative estimate of drug-likeness (QED) is 0.773. The van der Waals surface area contributed by atoms with Crippen molar-refractivity contribution < 1.29 is 9.26 Å². The molecule has 0 N–H and O–H groups in total. The number of methoxy groups -OCH3 is 1. The van der Waals surface area contributed by atoms with Crippen LogP contribution in [0.3, 0.4) is 0 Å². The first-order chi connectivity index (χ1) is 8.20. The minimum atomic E-state index is 0.250. The molecule has 0 saturated heterocycles. The Morgan fingerprint density at radius 1 is 1.24 bits per heavy atom. The number of halogens is 1. The van der Waals surface area contributed by atoms with Crippen LogP contribution >= 0.6 is 11.6 Å². The van der Waals surface area contributed by atoms with E-state index in [2.05, 4.69) is 15.4 Å². The van der Waals surface area contributed by atoms with Gasteiger partial charge in [-0.1, -0.05) is 16.8 Å². The van der Waals surface area contributed by atoms with Crippen LogP contribution in [0, 0.1) is 6.92 Å². The van der Waals surface area contributed by atoms with Gasteiger partial charge in [-0.3, -0.25) is 0 Å². The van der Waals surface area contributed by atoms with Gasteiger partial charge < -0.3 is 9.26 Å². The number of nitrogens with zero attached hydrogens (tertiary/aromatic N) is 3. The lowest BCUT2D eigenvalue weighted by atomic mass is 10.3. The van der Waals surface area contributed by atoms with Crippen molar-refractivity contribution in [1.82, 2.24) is 5.16 Å². The molecule has 1 aromatic carbocycles. The fourth-order valence-electron chi connectivity index (χ4n) is 1.21. The number of azo groups is 1. The number of hydrogen-bond acceptors (Lipinski definition) is 5. The molecule has 88 valence electrons. The molecule has 0 bridgehead atoms. The van der Waals surface area contributed by atoms with Gasteiger partial charge in [0.1, 0.15) is 5.69 Å². The van der Waals surface area contributed by atoms with Crippen LogP contribution in [-0.4, -0.2) is 12.3 Å². The molecule has 2 rings (SSSR count). The summed E-state index contributed by atoms with van der Waals surface area (Å²) in [5.74, 6) is 0.250. The van der Waals surface area contributed by atoms with Crippen LogP contribution in [0.5, 0.6) is 5.95 Å². The van der Waals surface area contributed by atoms with E-state index in [0.717, 1.165) is 0 Å². The maximum atomic E-state index is 5.77. The predicted octanol–water partition coefficient (Wildman–Crippen LogP) is 4.06. The molecule has 0 radical (unpaired) electrons. The highest BCUT2D eigenvalue weighted by molar-refractivity contribution is 6.30. The molecule has 1 aromatic heterocycles. The normalized spacial score (nSPS) is 11.0. The summed E-state index contributed by atoms with van der Waals surface area (Å²) in [6.07, 6.45) is 0. The predicted molar refractivity (Wildman–Crippen MR) is 63.4 cm³/mol. The number of hydrogen-bond donors (Lipinski definition) is 0. The second kappa shape index (κ2) is 4.97. The second-order valence-electron chi connectivity index (χ2n) is 3.28. The molecule has 0 aliphatic carbocycles. The highest BCUT2D eigenvalue weighted by Gasteiger charge is 2.12. The number of rotatable bonds is 3. The summed E-state index contributed by atoms with van der Waals surface area (Å²) in [5, 5.41) is 12.5. The van der Waals surface area contributed by atoms with Crippen LogP contribution in [-0.2, 0) is 0 Å². The lowest BCUT2D eigenvalue weighted by molar-refractivity contribution is 0.260. The molecule has 0 spiro atoms. The molecule has 1 heterocycles. The highest BCUT2D eigenvalue weighted by atomic mass is 35.5. The van der Waals surface area contributed by atoms with Crippen LogP contribution < -0.4 is 4.74 Å². The van der Waals surface area contributed by atoms with Gasteiger partial charge in [0.25, 0.3) is 0 Å². The lowest BCUT2D eigenvalue weighted by Gasteiger charge is -1.94. The molecule has 5 nitrogen and oxygen atoms in total. The minimum Gasteiger partial charge on any atom is -0.465 e. The monoisotopic (exact) mass is 251 g/mol. The molecular weight excluding hydrogens is 242 g/mol. The van der Waals surface area contributed by atoms with Crippen molar-refractivity contribution in [2.45, 2.75) is 6.92 Å². The van der Waals surface area contributed by atoms with E-state index in [1.165, 1.54) is 7.11 Å². The van der Waals surface area contributed by atoms with Gasteiger partial charge in [0.05, 0.1) is 12.8 Å². The molecule has 0 fully saturated rings. The van der Waals surface area contributed by atoms with E-state index in [4.69, 9.17) is 20.9 Å². The van der Waals surface area contributed by atoms with Crippen molar-refractivity contribution in [3.63, 3.8) is 0 Å². The van der Waals surface area contributed by atoms with Gasteiger partial charge in [0.15, 0.2) is 5.69 Å². The van der Waals surface area contributed by atoms with E-state index in [9.17, 15) is 0 Å². The van der Waals surface area contributed by atoms with Crippen LogP contribution in [0.4, 0.5) is 11.4 Å². The zero-order valence-electron chi connectivity index (χ0n) is 9.35. The molecule has 0 saturated carbocycles. The van der Waals surface area contributed by atoms with E-state index in [1.807, 2.05) is 0 Å². The van der Waals surface area contributed by atoms with Crippen molar-refractivity contribution in [3.05, 3.63) is 35.0 Å². The average molecular weight is 252 g/mol. The summed E-state index contributed by atoms with van der Waals surface area (Å²) < 4.78 is 9.87. The minimum absolute atomic E-state index is 0.250. The van der Waals surface area contributed by atoms with E-state index in [1.54, 1.807) is 31.2 Å². The summed E-state index contributed by atoms with van der Waals surface area (Å²) in [6.45, 7) is 1.77. The Morgan fingerprint density at radius 2 is 1.94 bits per heavy atom. The Bertz CT molecular complexity index is 534. The summed E-state index contributed by atoms with van der Waals surface area (Å²) in [6, 6.07) is 7.02. The summed E-state index contributed by atoms with van der Waals surface area (Å²) >= 11 is 5.77. The van der Waals surface area contributed by atoms with Gasteiger partial charge in [-0.25, -0.2) is 0 Å². The van der Waals surface area contributed by atoms with Gasteiger partial charge in [-0.2, -0.15) is 5.11 Å². The molecule has 6 heteroatoms. The fourth-order valence-corrected chi connectivity index (χ4v) is 1.33. The first-order valence-corrected chi connectivity index (χ1v) is 5.26. The zero-order valence-corrected chi connectivity index (χ0v) is 10.1. The summed E-state index contributed by atoms with van der Waals surface area (Å²) in [4.78, 5) is 0. The number of benzene rings is 1. The van der Waals surface area contributed by atoms with Gasteiger partial charge in [-0.15, -0.1) is 5.11 Å². The number of ether oxygens (including phenoxy) is 1. The van der Waals surface area contributed by atoms with Crippen LogP contribution in [0.15, 0.2) is 39.0 Å². The van der Waals surface area contributed by atoms with Crippen LogP contribution in [0.1, 0.15) is 5.69 Å². The zero-order chi connectivity index (χ0) is 12.3. The molecule has 0 aliphatic heterocycles.